The van der Waals surface area contributed by atoms with Gasteiger partial charge in [0, 0.05) is 0 Å². The molecule has 0 atom stereocenters. The minimum atomic E-state index is -0.420. The van der Waals surface area contributed by atoms with Gasteiger partial charge in [0.2, 0.25) is 0 Å². The average molecular weight is 339 g/mol. The molecular weight excluding hydrogens is 329 g/mol. The first-order valence-electron chi connectivity index (χ1n) is 7.04. The Balaban J connectivity index is 1.56. The van der Waals surface area contributed by atoms with Gasteiger partial charge in [0.15, 0.2) is 10.8 Å². The van der Waals surface area contributed by atoms with E-state index >= 15 is 0 Å². The smallest absolute Gasteiger partial charge is 0.279 e. The van der Waals surface area contributed by atoms with Crippen molar-refractivity contribution in [3.63, 3.8) is 0 Å². The lowest BCUT2D eigenvalue weighted by atomic mass is 10.3. The molecule has 2 heterocycles. The molecule has 0 saturated carbocycles. The number of fused-ring (bicyclic) bond motifs is 1. The van der Waals surface area contributed by atoms with Crippen LogP contribution < -0.4 is 5.32 Å². The van der Waals surface area contributed by atoms with E-state index in [9.17, 15) is 9.18 Å². The minimum Gasteiger partial charge on any atom is -0.296 e. The Morgan fingerprint density at radius 2 is 2.00 bits per heavy atom. The third-order valence-electron chi connectivity index (χ3n) is 3.28. The molecule has 6 nitrogen and oxygen atoms in total. The van der Waals surface area contributed by atoms with E-state index in [-0.39, 0.29) is 11.5 Å². The summed E-state index contributed by atoms with van der Waals surface area (Å²) in [6, 6.07) is 13.6. The van der Waals surface area contributed by atoms with E-state index in [2.05, 4.69) is 20.5 Å². The Kier molecular flexibility index (Phi) is 3.51. The second kappa shape index (κ2) is 5.82. The molecule has 0 spiro atoms. The quantitative estimate of drug-likeness (QED) is 0.622. The zero-order valence-electron chi connectivity index (χ0n) is 12.2. The molecule has 0 unspecified atom stereocenters. The molecular formula is C16H10FN5OS. The van der Waals surface area contributed by atoms with Crippen LogP contribution in [0, 0.1) is 5.82 Å². The summed E-state index contributed by atoms with van der Waals surface area (Å²) in [7, 11) is 0. The summed E-state index contributed by atoms with van der Waals surface area (Å²) >= 11 is 1.20. The van der Waals surface area contributed by atoms with Crippen molar-refractivity contribution in [2.45, 2.75) is 0 Å². The lowest BCUT2D eigenvalue weighted by Crippen LogP contribution is -2.13. The van der Waals surface area contributed by atoms with Gasteiger partial charge in [-0.3, -0.25) is 10.1 Å². The molecule has 4 aromatic rings. The van der Waals surface area contributed by atoms with Crippen LogP contribution in [0.25, 0.3) is 15.9 Å². The van der Waals surface area contributed by atoms with Gasteiger partial charge in [0.1, 0.15) is 5.82 Å². The van der Waals surface area contributed by atoms with Crippen molar-refractivity contribution in [2.24, 2.45) is 0 Å². The molecule has 2 aromatic carbocycles. The molecule has 1 amide bonds. The monoisotopic (exact) mass is 339 g/mol. The van der Waals surface area contributed by atoms with Crippen molar-refractivity contribution in [2.75, 3.05) is 5.32 Å². The number of carbonyl (C=O) groups excluding carboxylic acids is 1. The maximum absolute atomic E-state index is 13.2. The predicted molar refractivity (Wildman–Crippen MR) is 88.9 cm³/mol. The van der Waals surface area contributed by atoms with Crippen molar-refractivity contribution >= 4 is 32.6 Å². The lowest BCUT2D eigenvalue weighted by Gasteiger charge is -1.98. The Bertz CT molecular complexity index is 1030. The third kappa shape index (κ3) is 2.74. The van der Waals surface area contributed by atoms with Crippen LogP contribution in [-0.4, -0.2) is 25.9 Å². The number of rotatable bonds is 3. The van der Waals surface area contributed by atoms with E-state index in [1.165, 1.54) is 34.5 Å². The van der Waals surface area contributed by atoms with Gasteiger partial charge in [-0.15, -0.1) is 5.10 Å². The van der Waals surface area contributed by atoms with Gasteiger partial charge >= 0.3 is 0 Å². The Morgan fingerprint density at radius 1 is 1.17 bits per heavy atom. The number of benzene rings is 2. The number of nitrogens with one attached hydrogen (secondary N) is 1. The first kappa shape index (κ1) is 14.5. The normalized spacial score (nSPS) is 10.9. The number of carbonyl (C=O) groups is 1. The molecule has 8 heteroatoms. The summed E-state index contributed by atoms with van der Waals surface area (Å²) in [4.78, 5) is 17.9. The van der Waals surface area contributed by atoms with Gasteiger partial charge in [-0.25, -0.2) is 9.37 Å². The third-order valence-corrected chi connectivity index (χ3v) is 4.22. The van der Waals surface area contributed by atoms with Crippen molar-refractivity contribution in [1.29, 1.82) is 0 Å². The number of halogens is 1. The second-order valence-corrected chi connectivity index (χ2v) is 5.97. The van der Waals surface area contributed by atoms with Crippen LogP contribution in [0.1, 0.15) is 10.5 Å². The van der Waals surface area contributed by atoms with Crippen LogP contribution in [0.5, 0.6) is 0 Å². The van der Waals surface area contributed by atoms with Crippen LogP contribution in [0.2, 0.25) is 0 Å². The van der Waals surface area contributed by atoms with Gasteiger partial charge in [-0.1, -0.05) is 29.5 Å². The highest BCUT2D eigenvalue weighted by molar-refractivity contribution is 7.22. The van der Waals surface area contributed by atoms with E-state index in [1.807, 2.05) is 30.3 Å². The van der Waals surface area contributed by atoms with Gasteiger partial charge in [0.25, 0.3) is 5.91 Å². The number of thiazole rings is 1. The van der Waals surface area contributed by atoms with Crippen LogP contribution in [0.4, 0.5) is 9.52 Å². The summed E-state index contributed by atoms with van der Waals surface area (Å²) in [6.45, 7) is 0. The summed E-state index contributed by atoms with van der Waals surface area (Å²) < 4.78 is 13.9. The van der Waals surface area contributed by atoms with Crippen LogP contribution >= 0.6 is 11.3 Å². The summed E-state index contributed by atoms with van der Waals surface area (Å²) in [6.07, 6.45) is 1.38. The highest BCUT2D eigenvalue weighted by Crippen LogP contribution is 2.26. The van der Waals surface area contributed by atoms with Crippen LogP contribution in [-0.2, 0) is 0 Å². The fourth-order valence-electron chi connectivity index (χ4n) is 2.17. The molecule has 1 N–H and O–H groups in total. The molecule has 0 bridgehead atoms. The van der Waals surface area contributed by atoms with Crippen LogP contribution in [0.15, 0.2) is 54.7 Å². The van der Waals surface area contributed by atoms with Crippen LogP contribution in [0.3, 0.4) is 0 Å². The molecule has 2 aromatic heterocycles. The predicted octanol–water partition coefficient (Wildman–Crippen LogP) is 3.27. The number of para-hydroxylation sites is 1. The van der Waals surface area contributed by atoms with Gasteiger partial charge in [-0.05, 0) is 30.3 Å². The molecule has 0 aliphatic carbocycles. The largest absolute Gasteiger partial charge is 0.296 e. The number of aromatic nitrogens is 4. The number of hydrogen-bond acceptors (Lipinski definition) is 5. The molecule has 0 fully saturated rings. The topological polar surface area (TPSA) is 72.7 Å². The van der Waals surface area contributed by atoms with Gasteiger partial charge < -0.3 is 0 Å². The second-order valence-electron chi connectivity index (χ2n) is 4.94. The zero-order valence-corrected chi connectivity index (χ0v) is 13.0. The Labute approximate surface area is 139 Å². The number of hydrogen-bond donors (Lipinski definition) is 1. The molecule has 4 rings (SSSR count). The highest BCUT2D eigenvalue weighted by Gasteiger charge is 2.14. The standard InChI is InChI=1S/C16H10FN5OS/c17-10-6-7-12-14(8-10)24-16(19-12)20-15(23)13-9-18-22(21-13)11-4-2-1-3-5-11/h1-9H,(H,19,20,23). The van der Waals surface area contributed by atoms with Crippen molar-refractivity contribution in [1.82, 2.24) is 20.0 Å². The van der Waals surface area contributed by atoms with Gasteiger partial charge in [-0.2, -0.15) is 9.90 Å². The minimum absolute atomic E-state index is 0.171. The number of amides is 1. The van der Waals surface area contributed by atoms with E-state index in [4.69, 9.17) is 0 Å². The summed E-state index contributed by atoms with van der Waals surface area (Å²) in [5.41, 5.74) is 1.56. The van der Waals surface area contributed by atoms with Crippen molar-refractivity contribution in [3.8, 4) is 5.69 Å². The maximum atomic E-state index is 13.2. The first-order valence-corrected chi connectivity index (χ1v) is 7.86. The fourth-order valence-corrected chi connectivity index (χ4v) is 3.05. The summed E-state index contributed by atoms with van der Waals surface area (Å²) in [5, 5.41) is 11.3. The highest BCUT2D eigenvalue weighted by atomic mass is 32.1. The molecule has 0 saturated heterocycles. The molecule has 24 heavy (non-hydrogen) atoms. The van der Waals surface area contributed by atoms with Crippen molar-refractivity contribution < 1.29 is 9.18 Å². The number of nitrogens with zero attached hydrogens (tertiary/aromatic N) is 4. The lowest BCUT2D eigenvalue weighted by molar-refractivity contribution is 0.102. The van der Waals surface area contributed by atoms with E-state index < -0.39 is 5.91 Å². The number of anilines is 1. The maximum Gasteiger partial charge on any atom is 0.279 e. The first-order chi connectivity index (χ1) is 11.7. The van der Waals surface area contributed by atoms with Gasteiger partial charge in [0.05, 0.1) is 22.1 Å². The van der Waals surface area contributed by atoms with E-state index in [0.29, 0.717) is 15.3 Å². The molecule has 0 radical (unpaired) electrons. The fraction of sp³-hybridized carbons (Fsp3) is 0. The van der Waals surface area contributed by atoms with Crippen molar-refractivity contribution in [3.05, 3.63) is 66.2 Å². The summed E-state index contributed by atoms with van der Waals surface area (Å²) in [5.74, 6) is -0.758. The molecule has 0 aliphatic heterocycles. The zero-order chi connectivity index (χ0) is 16.5. The average Bonchev–Trinajstić information content (AvgIpc) is 3.22. The Morgan fingerprint density at radius 3 is 2.83 bits per heavy atom. The Hall–Kier alpha value is -3.13. The van der Waals surface area contributed by atoms with E-state index in [0.717, 1.165) is 5.69 Å². The molecule has 0 aliphatic rings. The SMILES string of the molecule is O=C(Nc1nc2ccc(F)cc2s1)c1cnn(-c2ccccc2)n1. The van der Waals surface area contributed by atoms with E-state index in [1.54, 1.807) is 6.07 Å². The molecule has 118 valence electrons.